The summed E-state index contributed by atoms with van der Waals surface area (Å²) in [4.78, 5) is 15.6. The van der Waals surface area contributed by atoms with E-state index in [0.717, 1.165) is 17.8 Å². The summed E-state index contributed by atoms with van der Waals surface area (Å²) in [6, 6.07) is 12.9. The first kappa shape index (κ1) is 15.9. The first-order valence-electron chi connectivity index (χ1n) is 7.04. The number of para-hydroxylation sites is 1. The van der Waals surface area contributed by atoms with Crippen LogP contribution in [0.2, 0.25) is 0 Å². The third kappa shape index (κ3) is 3.61. The number of likely N-dealkylation sites (N-methyl/N-ethyl adjacent to an activating group) is 2. The first-order valence-corrected chi connectivity index (χ1v) is 7.04. The Labute approximate surface area is 128 Å². The largest absolute Gasteiger partial charge is 0.362 e. The van der Waals surface area contributed by atoms with Gasteiger partial charge in [-0.3, -0.25) is 4.79 Å². The highest BCUT2D eigenvalue weighted by molar-refractivity contribution is 5.95. The van der Waals surface area contributed by atoms with Gasteiger partial charge in [-0.25, -0.2) is 8.78 Å². The number of benzene rings is 2. The van der Waals surface area contributed by atoms with Crippen molar-refractivity contribution in [3.05, 3.63) is 60.2 Å². The lowest BCUT2D eigenvalue weighted by molar-refractivity contribution is -0.117. The molecule has 2 aromatic rings. The minimum absolute atomic E-state index is 0.0902. The number of anilines is 2. The standard InChI is InChI=1S/C17H18F2N2O/c1-3-21(14-9-10-15(18)16(19)11-14)12-17(22)20(2)13-7-5-4-6-8-13/h4-11H,3,12H2,1-2H3. The number of halogens is 2. The molecule has 116 valence electrons. The summed E-state index contributed by atoms with van der Waals surface area (Å²) < 4.78 is 26.3. The van der Waals surface area contributed by atoms with Gasteiger partial charge in [0.05, 0.1) is 6.54 Å². The molecule has 0 fully saturated rings. The fraction of sp³-hybridized carbons (Fsp3) is 0.235. The van der Waals surface area contributed by atoms with E-state index in [1.807, 2.05) is 37.3 Å². The molecule has 0 bridgehead atoms. The second kappa shape index (κ2) is 7.02. The van der Waals surface area contributed by atoms with Crippen molar-refractivity contribution in [2.75, 3.05) is 29.9 Å². The molecule has 0 aliphatic rings. The van der Waals surface area contributed by atoms with Gasteiger partial charge in [-0.2, -0.15) is 0 Å². The van der Waals surface area contributed by atoms with Gasteiger partial charge in [-0.05, 0) is 31.2 Å². The van der Waals surface area contributed by atoms with Gasteiger partial charge in [-0.15, -0.1) is 0 Å². The molecule has 0 saturated heterocycles. The summed E-state index contributed by atoms with van der Waals surface area (Å²) in [5.74, 6) is -1.94. The summed E-state index contributed by atoms with van der Waals surface area (Å²) in [6.07, 6.45) is 0. The van der Waals surface area contributed by atoms with Gasteiger partial charge >= 0.3 is 0 Å². The van der Waals surface area contributed by atoms with E-state index in [2.05, 4.69) is 0 Å². The van der Waals surface area contributed by atoms with E-state index in [9.17, 15) is 13.6 Å². The van der Waals surface area contributed by atoms with E-state index in [0.29, 0.717) is 12.2 Å². The highest BCUT2D eigenvalue weighted by Gasteiger charge is 2.16. The summed E-state index contributed by atoms with van der Waals surface area (Å²) in [5.41, 5.74) is 1.27. The average molecular weight is 304 g/mol. The quantitative estimate of drug-likeness (QED) is 0.844. The normalized spacial score (nSPS) is 10.4. The molecule has 2 rings (SSSR count). The molecule has 0 spiro atoms. The Hall–Kier alpha value is -2.43. The van der Waals surface area contributed by atoms with Crippen LogP contribution in [0.15, 0.2) is 48.5 Å². The highest BCUT2D eigenvalue weighted by atomic mass is 19.2. The van der Waals surface area contributed by atoms with Gasteiger partial charge < -0.3 is 9.80 Å². The third-order valence-corrected chi connectivity index (χ3v) is 3.49. The van der Waals surface area contributed by atoms with E-state index >= 15 is 0 Å². The number of nitrogens with zero attached hydrogens (tertiary/aromatic N) is 2. The number of amides is 1. The molecule has 2 aromatic carbocycles. The van der Waals surface area contributed by atoms with E-state index < -0.39 is 11.6 Å². The van der Waals surface area contributed by atoms with Crippen molar-refractivity contribution in [1.29, 1.82) is 0 Å². The highest BCUT2D eigenvalue weighted by Crippen LogP contribution is 2.19. The van der Waals surface area contributed by atoms with Crippen LogP contribution in [0, 0.1) is 11.6 Å². The Morgan fingerprint density at radius 1 is 1.00 bits per heavy atom. The predicted molar refractivity (Wildman–Crippen MR) is 84.1 cm³/mol. The molecule has 5 heteroatoms. The lowest BCUT2D eigenvalue weighted by Crippen LogP contribution is -2.38. The van der Waals surface area contributed by atoms with E-state index in [1.54, 1.807) is 16.8 Å². The van der Waals surface area contributed by atoms with Crippen molar-refractivity contribution in [3.63, 3.8) is 0 Å². The molecular formula is C17H18F2N2O. The first-order chi connectivity index (χ1) is 10.5. The fourth-order valence-electron chi connectivity index (χ4n) is 2.13. The predicted octanol–water partition coefficient (Wildman–Crippen LogP) is 3.45. The van der Waals surface area contributed by atoms with Crippen LogP contribution in [-0.2, 0) is 4.79 Å². The maximum Gasteiger partial charge on any atom is 0.246 e. The molecule has 0 radical (unpaired) electrons. The Morgan fingerprint density at radius 3 is 2.27 bits per heavy atom. The molecule has 0 atom stereocenters. The molecule has 22 heavy (non-hydrogen) atoms. The minimum Gasteiger partial charge on any atom is -0.362 e. The molecule has 0 aromatic heterocycles. The van der Waals surface area contributed by atoms with Crippen LogP contribution in [0.1, 0.15) is 6.92 Å². The van der Waals surface area contributed by atoms with Gasteiger partial charge in [0.15, 0.2) is 11.6 Å². The fourth-order valence-corrected chi connectivity index (χ4v) is 2.13. The minimum atomic E-state index is -0.917. The Morgan fingerprint density at radius 2 is 1.68 bits per heavy atom. The van der Waals surface area contributed by atoms with Gasteiger partial charge in [0, 0.05) is 31.0 Å². The zero-order valence-corrected chi connectivity index (χ0v) is 12.6. The maximum atomic E-state index is 13.3. The Kier molecular flexibility index (Phi) is 5.09. The third-order valence-electron chi connectivity index (χ3n) is 3.49. The molecule has 0 heterocycles. The smallest absolute Gasteiger partial charge is 0.246 e. The number of carbonyl (C=O) groups is 1. The number of hydrogen-bond donors (Lipinski definition) is 0. The van der Waals surface area contributed by atoms with Gasteiger partial charge in [-0.1, -0.05) is 18.2 Å². The van der Waals surface area contributed by atoms with Crippen LogP contribution in [0.25, 0.3) is 0 Å². The van der Waals surface area contributed by atoms with Crippen molar-refractivity contribution in [2.24, 2.45) is 0 Å². The SMILES string of the molecule is CCN(CC(=O)N(C)c1ccccc1)c1ccc(F)c(F)c1. The average Bonchev–Trinajstić information content (AvgIpc) is 2.55. The van der Waals surface area contributed by atoms with E-state index in [4.69, 9.17) is 0 Å². The van der Waals surface area contributed by atoms with Crippen molar-refractivity contribution in [2.45, 2.75) is 6.92 Å². The van der Waals surface area contributed by atoms with Crippen molar-refractivity contribution in [1.82, 2.24) is 0 Å². The maximum absolute atomic E-state index is 13.3. The molecule has 0 saturated carbocycles. The van der Waals surface area contributed by atoms with E-state index in [1.165, 1.54) is 6.07 Å². The molecule has 0 aliphatic heterocycles. The van der Waals surface area contributed by atoms with Crippen molar-refractivity contribution >= 4 is 17.3 Å². The molecule has 1 amide bonds. The lowest BCUT2D eigenvalue weighted by atomic mass is 10.2. The topological polar surface area (TPSA) is 23.6 Å². The number of carbonyl (C=O) groups excluding carboxylic acids is 1. The lowest BCUT2D eigenvalue weighted by Gasteiger charge is -2.26. The van der Waals surface area contributed by atoms with Crippen LogP contribution in [0.4, 0.5) is 20.2 Å². The van der Waals surface area contributed by atoms with Crippen LogP contribution in [-0.4, -0.2) is 26.0 Å². The zero-order valence-electron chi connectivity index (χ0n) is 12.6. The number of rotatable bonds is 5. The Balaban J connectivity index is 2.12. The van der Waals surface area contributed by atoms with Gasteiger partial charge in [0.2, 0.25) is 5.91 Å². The monoisotopic (exact) mass is 304 g/mol. The molecule has 0 aliphatic carbocycles. The molecule has 3 nitrogen and oxygen atoms in total. The second-order valence-corrected chi connectivity index (χ2v) is 4.90. The molecule has 0 N–H and O–H groups in total. The summed E-state index contributed by atoms with van der Waals surface area (Å²) >= 11 is 0. The van der Waals surface area contributed by atoms with Crippen molar-refractivity contribution < 1.29 is 13.6 Å². The van der Waals surface area contributed by atoms with Crippen LogP contribution < -0.4 is 9.80 Å². The summed E-state index contributed by atoms with van der Waals surface area (Å²) in [6.45, 7) is 2.46. The molecular weight excluding hydrogens is 286 g/mol. The number of hydrogen-bond acceptors (Lipinski definition) is 2. The Bertz CT molecular complexity index is 646. The van der Waals surface area contributed by atoms with Crippen LogP contribution in [0.3, 0.4) is 0 Å². The van der Waals surface area contributed by atoms with Crippen LogP contribution >= 0.6 is 0 Å². The van der Waals surface area contributed by atoms with Crippen molar-refractivity contribution in [3.8, 4) is 0 Å². The van der Waals surface area contributed by atoms with Crippen LogP contribution in [0.5, 0.6) is 0 Å². The van der Waals surface area contributed by atoms with Gasteiger partial charge in [0.25, 0.3) is 0 Å². The summed E-state index contributed by atoms with van der Waals surface area (Å²) in [7, 11) is 1.69. The summed E-state index contributed by atoms with van der Waals surface area (Å²) in [5, 5.41) is 0. The second-order valence-electron chi connectivity index (χ2n) is 4.90. The van der Waals surface area contributed by atoms with E-state index in [-0.39, 0.29) is 12.5 Å². The zero-order chi connectivity index (χ0) is 16.1. The van der Waals surface area contributed by atoms with Gasteiger partial charge in [0.1, 0.15) is 0 Å². The molecule has 0 unspecified atom stereocenters.